The highest BCUT2D eigenvalue weighted by molar-refractivity contribution is 5.85. The number of rotatable bonds is 7. The van der Waals surface area contributed by atoms with E-state index in [0.717, 1.165) is 4.90 Å². The molecular weight excluding hydrogens is 234 g/mol. The number of carboxylic acid groups (broad SMARTS) is 1. The summed E-state index contributed by atoms with van der Waals surface area (Å²) in [4.78, 5) is 24.3. The van der Waals surface area contributed by atoms with Gasteiger partial charge >= 0.3 is 5.97 Å². The van der Waals surface area contributed by atoms with Gasteiger partial charge in [-0.3, -0.25) is 9.59 Å². The van der Waals surface area contributed by atoms with E-state index in [1.165, 1.54) is 0 Å². The first-order valence-corrected chi connectivity index (χ1v) is 5.72. The van der Waals surface area contributed by atoms with Crippen molar-refractivity contribution in [3.63, 3.8) is 0 Å². The summed E-state index contributed by atoms with van der Waals surface area (Å²) in [6, 6.07) is 3.58. The molecule has 0 rings (SSSR count). The van der Waals surface area contributed by atoms with Crippen LogP contribution in [0, 0.1) is 28.1 Å². The van der Waals surface area contributed by atoms with Gasteiger partial charge in [0.25, 0.3) is 0 Å². The van der Waals surface area contributed by atoms with Gasteiger partial charge in [0, 0.05) is 6.42 Å². The zero-order valence-corrected chi connectivity index (χ0v) is 10.6. The normalized spacial score (nSPS) is 10.2. The van der Waals surface area contributed by atoms with Gasteiger partial charge < -0.3 is 10.0 Å². The number of amides is 1. The maximum atomic E-state index is 11.9. The molecule has 0 aliphatic carbocycles. The van der Waals surface area contributed by atoms with Crippen LogP contribution in [0.3, 0.4) is 0 Å². The summed E-state index contributed by atoms with van der Waals surface area (Å²) in [5.74, 6) is -1.49. The summed E-state index contributed by atoms with van der Waals surface area (Å²) in [5.41, 5.74) is -1.11. The first kappa shape index (κ1) is 15.9. The zero-order chi connectivity index (χ0) is 14.2. The van der Waals surface area contributed by atoms with Crippen LogP contribution in [0.1, 0.15) is 33.1 Å². The van der Waals surface area contributed by atoms with Crippen molar-refractivity contribution in [3.8, 4) is 12.1 Å². The van der Waals surface area contributed by atoms with Crippen LogP contribution in [-0.2, 0) is 9.59 Å². The molecule has 0 fully saturated rings. The molecule has 0 aromatic carbocycles. The first-order valence-electron chi connectivity index (χ1n) is 5.72. The minimum Gasteiger partial charge on any atom is -0.481 e. The van der Waals surface area contributed by atoms with Crippen molar-refractivity contribution in [1.29, 1.82) is 10.5 Å². The fraction of sp³-hybridized carbons (Fsp3) is 0.667. The standard InChI is InChI=1S/C12H17N3O3/c1-3-12(4-2,11(17)18)9-10(16)15(7-5-13)8-6-14/h3-4,7-9H2,1-2H3,(H,17,18). The van der Waals surface area contributed by atoms with Crippen LogP contribution in [0.5, 0.6) is 0 Å². The number of carbonyl (C=O) groups excluding carboxylic acids is 1. The van der Waals surface area contributed by atoms with Crippen molar-refractivity contribution in [3.05, 3.63) is 0 Å². The Balaban J connectivity index is 4.94. The molecular formula is C12H17N3O3. The second-order valence-corrected chi connectivity index (χ2v) is 4.04. The molecule has 0 heterocycles. The highest BCUT2D eigenvalue weighted by Crippen LogP contribution is 2.31. The van der Waals surface area contributed by atoms with Crippen molar-refractivity contribution in [2.45, 2.75) is 33.1 Å². The SMILES string of the molecule is CCC(CC)(CC(=O)N(CC#N)CC#N)C(=O)O. The molecule has 0 aliphatic heterocycles. The van der Waals surface area contributed by atoms with Gasteiger partial charge in [-0.25, -0.2) is 0 Å². The highest BCUT2D eigenvalue weighted by Gasteiger charge is 2.38. The van der Waals surface area contributed by atoms with E-state index < -0.39 is 17.3 Å². The summed E-state index contributed by atoms with van der Waals surface area (Å²) < 4.78 is 0. The van der Waals surface area contributed by atoms with E-state index in [1.807, 2.05) is 0 Å². The van der Waals surface area contributed by atoms with E-state index >= 15 is 0 Å². The number of hydrogen-bond acceptors (Lipinski definition) is 4. The van der Waals surface area contributed by atoms with Crippen LogP contribution in [-0.4, -0.2) is 35.0 Å². The van der Waals surface area contributed by atoms with E-state index in [9.17, 15) is 14.7 Å². The van der Waals surface area contributed by atoms with Gasteiger partial charge in [-0.15, -0.1) is 0 Å². The van der Waals surface area contributed by atoms with Crippen LogP contribution in [0.25, 0.3) is 0 Å². The topological polar surface area (TPSA) is 105 Å². The van der Waals surface area contributed by atoms with Gasteiger partial charge in [-0.1, -0.05) is 13.8 Å². The minimum atomic E-state index is -1.11. The third kappa shape index (κ3) is 3.74. The maximum absolute atomic E-state index is 11.9. The third-order valence-corrected chi connectivity index (χ3v) is 3.17. The third-order valence-electron chi connectivity index (χ3n) is 3.17. The van der Waals surface area contributed by atoms with Crippen LogP contribution in [0.15, 0.2) is 0 Å². The number of nitrogens with zero attached hydrogens (tertiary/aromatic N) is 3. The van der Waals surface area contributed by atoms with E-state index in [1.54, 1.807) is 26.0 Å². The summed E-state index contributed by atoms with van der Waals surface area (Å²) >= 11 is 0. The summed E-state index contributed by atoms with van der Waals surface area (Å²) in [6.45, 7) is 3.03. The van der Waals surface area contributed by atoms with Gasteiger partial charge in [0.1, 0.15) is 13.1 Å². The Kier molecular flexibility index (Phi) is 6.44. The molecule has 0 unspecified atom stereocenters. The maximum Gasteiger partial charge on any atom is 0.310 e. The largest absolute Gasteiger partial charge is 0.481 e. The van der Waals surface area contributed by atoms with Crippen LogP contribution >= 0.6 is 0 Å². The van der Waals surface area contributed by atoms with Crippen LogP contribution in [0.2, 0.25) is 0 Å². The fourth-order valence-electron chi connectivity index (χ4n) is 1.68. The molecule has 6 nitrogen and oxygen atoms in total. The fourth-order valence-corrected chi connectivity index (χ4v) is 1.68. The van der Waals surface area contributed by atoms with Crippen LogP contribution < -0.4 is 0 Å². The quantitative estimate of drug-likeness (QED) is 0.683. The number of nitriles is 2. The Morgan fingerprint density at radius 3 is 1.89 bits per heavy atom. The monoisotopic (exact) mass is 251 g/mol. The summed E-state index contributed by atoms with van der Waals surface area (Å²) in [7, 11) is 0. The smallest absolute Gasteiger partial charge is 0.310 e. The highest BCUT2D eigenvalue weighted by atomic mass is 16.4. The average molecular weight is 251 g/mol. The van der Waals surface area contributed by atoms with Gasteiger partial charge in [0.05, 0.1) is 17.6 Å². The Bertz CT molecular complexity index is 372. The molecule has 0 saturated heterocycles. The lowest BCUT2D eigenvalue weighted by Gasteiger charge is -2.28. The molecule has 0 spiro atoms. The molecule has 0 radical (unpaired) electrons. The number of carboxylic acids is 1. The predicted octanol–water partition coefficient (Wildman–Crippen LogP) is 1.14. The number of carbonyl (C=O) groups is 2. The van der Waals surface area contributed by atoms with Crippen LogP contribution in [0.4, 0.5) is 0 Å². The molecule has 0 bridgehead atoms. The Morgan fingerprint density at radius 2 is 1.61 bits per heavy atom. The van der Waals surface area contributed by atoms with Gasteiger partial charge in [0.15, 0.2) is 0 Å². The molecule has 1 amide bonds. The molecule has 6 heteroatoms. The van der Waals surface area contributed by atoms with Crippen molar-refractivity contribution in [2.24, 2.45) is 5.41 Å². The Labute approximate surface area is 106 Å². The second kappa shape index (κ2) is 7.29. The number of hydrogen-bond donors (Lipinski definition) is 1. The summed E-state index contributed by atoms with van der Waals surface area (Å²) in [6.07, 6.45) is 0.480. The van der Waals surface area contributed by atoms with Gasteiger partial charge in [-0.2, -0.15) is 10.5 Å². The van der Waals surface area contributed by atoms with Crippen molar-refractivity contribution in [2.75, 3.05) is 13.1 Å². The molecule has 18 heavy (non-hydrogen) atoms. The summed E-state index contributed by atoms with van der Waals surface area (Å²) in [5, 5.41) is 26.3. The molecule has 0 aromatic rings. The van der Waals surface area contributed by atoms with Gasteiger partial charge in [0.2, 0.25) is 5.91 Å². The van der Waals surface area contributed by atoms with E-state index in [0.29, 0.717) is 12.8 Å². The lowest BCUT2D eigenvalue weighted by molar-refractivity contribution is -0.154. The predicted molar refractivity (Wildman–Crippen MR) is 63.1 cm³/mol. The lowest BCUT2D eigenvalue weighted by atomic mass is 9.79. The van der Waals surface area contributed by atoms with Gasteiger partial charge in [-0.05, 0) is 12.8 Å². The second-order valence-electron chi connectivity index (χ2n) is 4.04. The van der Waals surface area contributed by atoms with Crippen molar-refractivity contribution < 1.29 is 14.7 Å². The van der Waals surface area contributed by atoms with Crippen molar-refractivity contribution >= 4 is 11.9 Å². The Hall–Kier alpha value is -2.08. The Morgan fingerprint density at radius 1 is 1.17 bits per heavy atom. The molecule has 1 N–H and O–H groups in total. The average Bonchev–Trinajstić information content (AvgIpc) is 2.35. The number of aliphatic carboxylic acids is 1. The molecule has 0 aliphatic rings. The van der Waals surface area contributed by atoms with E-state index in [-0.39, 0.29) is 19.5 Å². The molecule has 0 atom stereocenters. The zero-order valence-electron chi connectivity index (χ0n) is 10.6. The first-order chi connectivity index (χ1) is 8.47. The van der Waals surface area contributed by atoms with E-state index in [4.69, 9.17) is 10.5 Å². The molecule has 0 saturated carbocycles. The van der Waals surface area contributed by atoms with E-state index in [2.05, 4.69) is 0 Å². The van der Waals surface area contributed by atoms with Crippen molar-refractivity contribution in [1.82, 2.24) is 4.90 Å². The molecule has 98 valence electrons. The molecule has 0 aromatic heterocycles. The minimum absolute atomic E-state index is 0.182. The lowest BCUT2D eigenvalue weighted by Crippen LogP contribution is -2.39.